The van der Waals surface area contributed by atoms with Gasteiger partial charge in [-0.3, -0.25) is 0 Å². The van der Waals surface area contributed by atoms with Gasteiger partial charge in [0.15, 0.2) is 0 Å². The monoisotopic (exact) mass is 236 g/mol. The van der Waals surface area contributed by atoms with E-state index >= 15 is 0 Å². The van der Waals surface area contributed by atoms with Crippen molar-refractivity contribution in [2.45, 2.75) is 32.3 Å². The van der Waals surface area contributed by atoms with Gasteiger partial charge < -0.3 is 15.4 Å². The SMILES string of the molecule is CNc1nc(C)cc(NCCC2CCCO2)n1. The molecule has 5 nitrogen and oxygen atoms in total. The Bertz CT molecular complexity index is 364. The van der Waals surface area contributed by atoms with Gasteiger partial charge in [-0.05, 0) is 26.2 Å². The van der Waals surface area contributed by atoms with E-state index in [0.29, 0.717) is 12.1 Å². The fourth-order valence-electron chi connectivity index (χ4n) is 2.00. The highest BCUT2D eigenvalue weighted by atomic mass is 16.5. The Labute approximate surface area is 102 Å². The second-order valence-electron chi connectivity index (χ2n) is 4.32. The molecule has 0 amide bonds. The van der Waals surface area contributed by atoms with E-state index in [4.69, 9.17) is 4.74 Å². The first-order chi connectivity index (χ1) is 8.28. The van der Waals surface area contributed by atoms with Crippen LogP contribution in [0.25, 0.3) is 0 Å². The molecule has 1 aromatic heterocycles. The third kappa shape index (κ3) is 3.56. The largest absolute Gasteiger partial charge is 0.378 e. The smallest absolute Gasteiger partial charge is 0.224 e. The maximum absolute atomic E-state index is 5.57. The maximum Gasteiger partial charge on any atom is 0.224 e. The van der Waals surface area contributed by atoms with Crippen molar-refractivity contribution in [1.82, 2.24) is 9.97 Å². The van der Waals surface area contributed by atoms with E-state index in [9.17, 15) is 0 Å². The van der Waals surface area contributed by atoms with Gasteiger partial charge in [-0.15, -0.1) is 0 Å². The van der Waals surface area contributed by atoms with Gasteiger partial charge in [0.25, 0.3) is 0 Å². The molecular weight excluding hydrogens is 216 g/mol. The molecule has 0 aromatic carbocycles. The van der Waals surface area contributed by atoms with Crippen LogP contribution >= 0.6 is 0 Å². The predicted molar refractivity (Wildman–Crippen MR) is 68.4 cm³/mol. The van der Waals surface area contributed by atoms with Crippen molar-refractivity contribution < 1.29 is 4.74 Å². The van der Waals surface area contributed by atoms with Crippen molar-refractivity contribution in [1.29, 1.82) is 0 Å². The molecule has 1 fully saturated rings. The maximum atomic E-state index is 5.57. The summed E-state index contributed by atoms with van der Waals surface area (Å²) in [6.07, 6.45) is 3.85. The molecule has 5 heteroatoms. The topological polar surface area (TPSA) is 59.1 Å². The van der Waals surface area contributed by atoms with Crippen LogP contribution in [-0.4, -0.2) is 36.3 Å². The third-order valence-corrected chi connectivity index (χ3v) is 2.87. The molecule has 0 spiro atoms. The summed E-state index contributed by atoms with van der Waals surface area (Å²) >= 11 is 0. The van der Waals surface area contributed by atoms with Crippen LogP contribution in [0.5, 0.6) is 0 Å². The number of anilines is 2. The molecule has 1 unspecified atom stereocenters. The van der Waals surface area contributed by atoms with Crippen LogP contribution in [0.1, 0.15) is 25.0 Å². The van der Waals surface area contributed by atoms with Gasteiger partial charge in [0.2, 0.25) is 5.95 Å². The summed E-state index contributed by atoms with van der Waals surface area (Å²) in [5, 5.41) is 6.27. The van der Waals surface area contributed by atoms with E-state index < -0.39 is 0 Å². The van der Waals surface area contributed by atoms with Crippen molar-refractivity contribution >= 4 is 11.8 Å². The Hall–Kier alpha value is -1.36. The zero-order valence-electron chi connectivity index (χ0n) is 10.5. The molecule has 1 saturated heterocycles. The number of nitrogens with zero attached hydrogens (tertiary/aromatic N) is 2. The minimum atomic E-state index is 0.425. The van der Waals surface area contributed by atoms with Gasteiger partial charge in [-0.2, -0.15) is 4.98 Å². The van der Waals surface area contributed by atoms with Crippen LogP contribution in [0, 0.1) is 6.92 Å². The quantitative estimate of drug-likeness (QED) is 0.816. The van der Waals surface area contributed by atoms with E-state index in [2.05, 4.69) is 20.6 Å². The van der Waals surface area contributed by atoms with Gasteiger partial charge in [0, 0.05) is 32.0 Å². The Morgan fingerprint density at radius 2 is 2.35 bits per heavy atom. The van der Waals surface area contributed by atoms with Gasteiger partial charge >= 0.3 is 0 Å². The fraction of sp³-hybridized carbons (Fsp3) is 0.667. The van der Waals surface area contributed by atoms with Crippen LogP contribution in [0.4, 0.5) is 11.8 Å². The van der Waals surface area contributed by atoms with Gasteiger partial charge in [-0.25, -0.2) is 4.98 Å². The predicted octanol–water partition coefficient (Wildman–Crippen LogP) is 1.81. The van der Waals surface area contributed by atoms with Gasteiger partial charge in [-0.1, -0.05) is 0 Å². The Morgan fingerprint density at radius 3 is 3.06 bits per heavy atom. The highest BCUT2D eigenvalue weighted by molar-refractivity contribution is 5.41. The summed E-state index contributed by atoms with van der Waals surface area (Å²) in [6.45, 7) is 3.78. The first-order valence-electron chi connectivity index (χ1n) is 6.17. The lowest BCUT2D eigenvalue weighted by atomic mass is 10.2. The van der Waals surface area contributed by atoms with Crippen LogP contribution in [-0.2, 0) is 4.74 Å². The molecule has 0 saturated carbocycles. The number of ether oxygens (including phenoxy) is 1. The van der Waals surface area contributed by atoms with E-state index in [1.807, 2.05) is 20.0 Å². The minimum Gasteiger partial charge on any atom is -0.378 e. The molecule has 2 rings (SSSR count). The molecule has 1 aliphatic heterocycles. The van der Waals surface area contributed by atoms with Gasteiger partial charge in [0.05, 0.1) is 6.10 Å². The van der Waals surface area contributed by atoms with Crippen molar-refractivity contribution in [2.75, 3.05) is 30.8 Å². The second kappa shape index (κ2) is 5.82. The van der Waals surface area contributed by atoms with Crippen LogP contribution in [0.15, 0.2) is 6.07 Å². The van der Waals surface area contributed by atoms with Gasteiger partial charge in [0.1, 0.15) is 5.82 Å². The summed E-state index contributed by atoms with van der Waals surface area (Å²) in [5.74, 6) is 1.53. The molecule has 0 bridgehead atoms. The van der Waals surface area contributed by atoms with Crippen molar-refractivity contribution in [2.24, 2.45) is 0 Å². The van der Waals surface area contributed by atoms with Crippen molar-refractivity contribution in [3.8, 4) is 0 Å². The average Bonchev–Trinajstić information content (AvgIpc) is 2.81. The Morgan fingerprint density at radius 1 is 1.47 bits per heavy atom. The zero-order valence-corrected chi connectivity index (χ0v) is 10.5. The molecule has 1 aromatic rings. The first kappa shape index (κ1) is 12.1. The fourth-order valence-corrected chi connectivity index (χ4v) is 2.00. The lowest BCUT2D eigenvalue weighted by Crippen LogP contribution is -2.13. The first-order valence-corrected chi connectivity index (χ1v) is 6.17. The summed E-state index contributed by atoms with van der Waals surface area (Å²) in [7, 11) is 1.82. The molecule has 94 valence electrons. The summed E-state index contributed by atoms with van der Waals surface area (Å²) < 4.78 is 5.57. The van der Waals surface area contributed by atoms with Crippen molar-refractivity contribution in [3.63, 3.8) is 0 Å². The van der Waals surface area contributed by atoms with Crippen LogP contribution in [0.2, 0.25) is 0 Å². The lowest BCUT2D eigenvalue weighted by molar-refractivity contribution is 0.107. The number of nitrogens with one attached hydrogen (secondary N) is 2. The Balaban J connectivity index is 1.83. The zero-order chi connectivity index (χ0) is 12.1. The van der Waals surface area contributed by atoms with E-state index in [1.165, 1.54) is 12.8 Å². The number of aromatic nitrogens is 2. The minimum absolute atomic E-state index is 0.425. The average molecular weight is 236 g/mol. The Kier molecular flexibility index (Phi) is 4.14. The molecule has 17 heavy (non-hydrogen) atoms. The summed E-state index contributed by atoms with van der Waals surface area (Å²) in [6, 6.07) is 1.95. The van der Waals surface area contributed by atoms with E-state index in [1.54, 1.807) is 0 Å². The highest BCUT2D eigenvalue weighted by Gasteiger charge is 2.14. The molecule has 0 radical (unpaired) electrons. The third-order valence-electron chi connectivity index (χ3n) is 2.87. The molecule has 1 aliphatic rings. The van der Waals surface area contributed by atoms with Crippen LogP contribution < -0.4 is 10.6 Å². The lowest BCUT2D eigenvalue weighted by Gasteiger charge is -2.11. The van der Waals surface area contributed by atoms with Crippen LogP contribution in [0.3, 0.4) is 0 Å². The molecule has 2 heterocycles. The molecular formula is C12H20N4O. The number of rotatable bonds is 5. The standard InChI is InChI=1S/C12H20N4O/c1-9-8-11(16-12(13-2)15-9)14-6-5-10-4-3-7-17-10/h8,10H,3-7H2,1-2H3,(H2,13,14,15,16). The molecule has 2 N–H and O–H groups in total. The normalized spacial score (nSPS) is 19.3. The number of aryl methyl sites for hydroxylation is 1. The summed E-state index contributed by atoms with van der Waals surface area (Å²) in [4.78, 5) is 8.59. The van der Waals surface area contributed by atoms with E-state index in [0.717, 1.165) is 31.1 Å². The summed E-state index contributed by atoms with van der Waals surface area (Å²) in [5.41, 5.74) is 0.962. The molecule has 0 aliphatic carbocycles. The van der Waals surface area contributed by atoms with E-state index in [-0.39, 0.29) is 0 Å². The highest BCUT2D eigenvalue weighted by Crippen LogP contribution is 2.15. The molecule has 1 atom stereocenters. The number of hydrogen-bond acceptors (Lipinski definition) is 5. The van der Waals surface area contributed by atoms with Crippen molar-refractivity contribution in [3.05, 3.63) is 11.8 Å². The second-order valence-corrected chi connectivity index (χ2v) is 4.32. The number of hydrogen-bond donors (Lipinski definition) is 2.